The van der Waals surface area contributed by atoms with Crippen LogP contribution in [-0.4, -0.2) is 25.3 Å². The summed E-state index contributed by atoms with van der Waals surface area (Å²) in [5.41, 5.74) is 0. The van der Waals surface area contributed by atoms with Gasteiger partial charge in [-0.15, -0.1) is 0 Å². The third kappa shape index (κ3) is 0.736. The monoisotopic (exact) mass is 142 g/mol. The van der Waals surface area contributed by atoms with E-state index in [4.69, 9.17) is 4.74 Å². The van der Waals surface area contributed by atoms with Gasteiger partial charge in [0.25, 0.3) is 0 Å². The van der Waals surface area contributed by atoms with Crippen LogP contribution in [0, 0.1) is 5.92 Å². The van der Waals surface area contributed by atoms with Crippen molar-refractivity contribution in [2.45, 2.75) is 25.0 Å². The lowest BCUT2D eigenvalue weighted by Crippen LogP contribution is -2.18. The Labute approximate surface area is 59.3 Å². The summed E-state index contributed by atoms with van der Waals surface area (Å²) in [6.45, 7) is 0. The molecule has 0 spiro atoms. The standard InChI is InChI=1S/C7H10O3/c1-9-7(8)4-2-3-5-6(4)10-5/h4-6H,2-3H2,1H3. The minimum Gasteiger partial charge on any atom is -0.469 e. The molecule has 0 aromatic heterocycles. The number of esters is 1. The van der Waals surface area contributed by atoms with E-state index in [1.54, 1.807) is 0 Å². The highest BCUT2D eigenvalue weighted by atomic mass is 16.6. The molecule has 3 atom stereocenters. The molecule has 1 saturated carbocycles. The van der Waals surface area contributed by atoms with Crippen molar-refractivity contribution in [2.24, 2.45) is 5.92 Å². The maximum atomic E-state index is 10.9. The minimum absolute atomic E-state index is 0.0370. The number of carbonyl (C=O) groups is 1. The van der Waals surface area contributed by atoms with E-state index in [0.29, 0.717) is 6.10 Å². The SMILES string of the molecule is COC(=O)C1CCC2OC21. The first-order chi connectivity index (χ1) is 4.83. The maximum absolute atomic E-state index is 10.9. The van der Waals surface area contributed by atoms with E-state index in [2.05, 4.69) is 4.74 Å². The summed E-state index contributed by atoms with van der Waals surface area (Å²) >= 11 is 0. The smallest absolute Gasteiger partial charge is 0.311 e. The van der Waals surface area contributed by atoms with Gasteiger partial charge in [-0.2, -0.15) is 0 Å². The highest BCUT2D eigenvalue weighted by molar-refractivity contribution is 5.74. The quantitative estimate of drug-likeness (QED) is 0.391. The molecule has 1 aliphatic heterocycles. The average molecular weight is 142 g/mol. The molecule has 0 bridgehead atoms. The second kappa shape index (κ2) is 1.95. The van der Waals surface area contributed by atoms with Crippen LogP contribution in [0.15, 0.2) is 0 Å². The maximum Gasteiger partial charge on any atom is 0.311 e. The van der Waals surface area contributed by atoms with Gasteiger partial charge in [-0.1, -0.05) is 0 Å². The predicted molar refractivity (Wildman–Crippen MR) is 33.4 cm³/mol. The van der Waals surface area contributed by atoms with Crippen LogP contribution in [0.1, 0.15) is 12.8 Å². The van der Waals surface area contributed by atoms with Gasteiger partial charge in [-0.3, -0.25) is 4.79 Å². The van der Waals surface area contributed by atoms with Gasteiger partial charge < -0.3 is 9.47 Å². The van der Waals surface area contributed by atoms with Crippen molar-refractivity contribution < 1.29 is 14.3 Å². The van der Waals surface area contributed by atoms with Crippen molar-refractivity contribution in [3.63, 3.8) is 0 Å². The number of ether oxygens (including phenoxy) is 2. The summed E-state index contributed by atoms with van der Waals surface area (Å²) in [5.74, 6) is -0.0694. The number of methoxy groups -OCH3 is 1. The lowest BCUT2D eigenvalue weighted by molar-refractivity contribution is -0.146. The molecule has 0 N–H and O–H groups in total. The van der Waals surface area contributed by atoms with Crippen LogP contribution < -0.4 is 0 Å². The van der Waals surface area contributed by atoms with Crippen molar-refractivity contribution in [3.8, 4) is 0 Å². The van der Waals surface area contributed by atoms with Crippen LogP contribution in [0.5, 0.6) is 0 Å². The van der Waals surface area contributed by atoms with E-state index < -0.39 is 0 Å². The van der Waals surface area contributed by atoms with Crippen molar-refractivity contribution in [2.75, 3.05) is 7.11 Å². The first-order valence-electron chi connectivity index (χ1n) is 3.56. The third-order valence-corrected chi connectivity index (χ3v) is 2.28. The fraction of sp³-hybridized carbons (Fsp3) is 0.857. The van der Waals surface area contributed by atoms with Crippen LogP contribution in [0.3, 0.4) is 0 Å². The Balaban J connectivity index is 1.98. The van der Waals surface area contributed by atoms with Crippen molar-refractivity contribution in [1.82, 2.24) is 0 Å². The van der Waals surface area contributed by atoms with Gasteiger partial charge in [-0.05, 0) is 12.8 Å². The van der Waals surface area contributed by atoms with Crippen LogP contribution in [-0.2, 0) is 14.3 Å². The summed E-state index contributed by atoms with van der Waals surface area (Å²) < 4.78 is 9.80. The zero-order valence-electron chi connectivity index (χ0n) is 5.87. The van der Waals surface area contributed by atoms with Gasteiger partial charge in [0, 0.05) is 0 Å². The van der Waals surface area contributed by atoms with Crippen molar-refractivity contribution >= 4 is 5.97 Å². The van der Waals surface area contributed by atoms with Gasteiger partial charge >= 0.3 is 5.97 Å². The normalized spacial score (nSPS) is 42.7. The third-order valence-electron chi connectivity index (χ3n) is 2.28. The Morgan fingerprint density at radius 1 is 1.60 bits per heavy atom. The van der Waals surface area contributed by atoms with Crippen molar-refractivity contribution in [3.05, 3.63) is 0 Å². The molecule has 0 aromatic rings. The van der Waals surface area contributed by atoms with Crippen LogP contribution in [0.2, 0.25) is 0 Å². The Morgan fingerprint density at radius 3 is 2.80 bits per heavy atom. The van der Waals surface area contributed by atoms with E-state index in [-0.39, 0.29) is 18.0 Å². The number of hydrogen-bond acceptors (Lipinski definition) is 3. The molecular formula is C7H10O3. The molecule has 3 unspecified atom stereocenters. The van der Waals surface area contributed by atoms with E-state index >= 15 is 0 Å². The molecule has 0 aromatic carbocycles. The second-order valence-electron chi connectivity index (χ2n) is 2.85. The Bertz CT molecular complexity index is 166. The summed E-state index contributed by atoms with van der Waals surface area (Å²) in [6.07, 6.45) is 2.56. The fourth-order valence-electron chi connectivity index (χ4n) is 1.65. The molecular weight excluding hydrogens is 132 g/mol. The topological polar surface area (TPSA) is 38.8 Å². The molecule has 56 valence electrons. The molecule has 2 fully saturated rings. The van der Waals surface area contributed by atoms with Gasteiger partial charge in [0.1, 0.15) is 0 Å². The fourth-order valence-corrected chi connectivity index (χ4v) is 1.65. The van der Waals surface area contributed by atoms with E-state index in [0.717, 1.165) is 12.8 Å². The molecule has 3 heteroatoms. The average Bonchev–Trinajstić information content (AvgIpc) is 2.62. The highest BCUT2D eigenvalue weighted by Gasteiger charge is 2.53. The Morgan fingerprint density at radius 2 is 2.40 bits per heavy atom. The minimum atomic E-state index is -0.106. The molecule has 2 rings (SSSR count). The van der Waals surface area contributed by atoms with Crippen LogP contribution in [0.4, 0.5) is 0 Å². The van der Waals surface area contributed by atoms with E-state index in [1.807, 2.05) is 0 Å². The summed E-state index contributed by atoms with van der Waals surface area (Å²) in [5, 5.41) is 0. The van der Waals surface area contributed by atoms with Crippen LogP contribution >= 0.6 is 0 Å². The molecule has 10 heavy (non-hydrogen) atoms. The zero-order valence-corrected chi connectivity index (χ0v) is 5.87. The van der Waals surface area contributed by atoms with Crippen LogP contribution in [0.25, 0.3) is 0 Å². The van der Waals surface area contributed by atoms with Gasteiger partial charge in [0.15, 0.2) is 0 Å². The molecule has 0 radical (unpaired) electrons. The number of rotatable bonds is 1. The van der Waals surface area contributed by atoms with E-state index in [1.165, 1.54) is 7.11 Å². The number of fused-ring (bicyclic) bond motifs is 1. The Hall–Kier alpha value is -0.570. The summed E-state index contributed by atoms with van der Waals surface area (Å²) in [7, 11) is 1.43. The lowest BCUT2D eigenvalue weighted by Gasteiger charge is -2.05. The van der Waals surface area contributed by atoms with Gasteiger partial charge in [0.2, 0.25) is 0 Å². The zero-order chi connectivity index (χ0) is 7.14. The largest absolute Gasteiger partial charge is 0.469 e. The molecule has 1 saturated heterocycles. The predicted octanol–water partition coefficient (Wildman–Crippen LogP) is 0.337. The van der Waals surface area contributed by atoms with Gasteiger partial charge in [-0.25, -0.2) is 0 Å². The Kier molecular flexibility index (Phi) is 1.20. The highest BCUT2D eigenvalue weighted by Crippen LogP contribution is 2.43. The molecule has 2 aliphatic rings. The molecule has 1 heterocycles. The first-order valence-corrected chi connectivity index (χ1v) is 3.56. The summed E-state index contributed by atoms with van der Waals surface area (Å²) in [6, 6.07) is 0. The van der Waals surface area contributed by atoms with Crippen molar-refractivity contribution in [1.29, 1.82) is 0 Å². The number of hydrogen-bond donors (Lipinski definition) is 0. The van der Waals surface area contributed by atoms with Gasteiger partial charge in [0.05, 0.1) is 25.2 Å². The first kappa shape index (κ1) is 6.16. The molecule has 0 amide bonds. The number of epoxide rings is 1. The number of carbonyl (C=O) groups excluding carboxylic acids is 1. The second-order valence-corrected chi connectivity index (χ2v) is 2.85. The molecule has 3 nitrogen and oxygen atoms in total. The molecule has 1 aliphatic carbocycles. The summed E-state index contributed by atoms with van der Waals surface area (Å²) in [4.78, 5) is 10.9. The van der Waals surface area contributed by atoms with E-state index in [9.17, 15) is 4.79 Å². The lowest BCUT2D eigenvalue weighted by atomic mass is 10.1.